The first kappa shape index (κ1) is 19.1. The van der Waals surface area contributed by atoms with Gasteiger partial charge in [-0.3, -0.25) is 4.79 Å². The van der Waals surface area contributed by atoms with E-state index in [1.54, 1.807) is 4.90 Å². The second kappa shape index (κ2) is 10.9. The van der Waals surface area contributed by atoms with Gasteiger partial charge >= 0.3 is 0 Å². The number of likely N-dealkylation sites (N-methyl/N-ethyl adjacent to an activating group) is 2. The fourth-order valence-electron chi connectivity index (χ4n) is 1.90. The number of rotatable bonds is 11. The number of nitrogens with zero attached hydrogens (tertiary/aromatic N) is 2. The average molecular weight is 285 g/mol. The molecule has 20 heavy (non-hydrogen) atoms. The molecule has 0 atom stereocenters. The van der Waals surface area contributed by atoms with Crippen LogP contribution in [-0.4, -0.2) is 67.8 Å². The first-order chi connectivity index (χ1) is 9.43. The molecule has 4 heteroatoms. The van der Waals surface area contributed by atoms with Gasteiger partial charge in [0.05, 0.1) is 33.8 Å². The Balaban J connectivity index is 3.86. The first-order valence-electron chi connectivity index (χ1n) is 7.74. The van der Waals surface area contributed by atoms with Crippen molar-refractivity contribution in [3.05, 3.63) is 12.2 Å². The minimum atomic E-state index is 0.167. The Kier molecular flexibility index (Phi) is 10.4. The monoisotopic (exact) mass is 285 g/mol. The number of hydrogen-bond donors (Lipinski definition) is 1. The Hall–Kier alpha value is -0.870. The largest absolute Gasteiger partial charge is 0.391 e. The molecule has 0 spiro atoms. The van der Waals surface area contributed by atoms with Gasteiger partial charge in [-0.1, -0.05) is 31.9 Å². The van der Waals surface area contributed by atoms with E-state index in [1.807, 2.05) is 13.1 Å². The van der Waals surface area contributed by atoms with E-state index in [1.165, 1.54) is 19.3 Å². The molecule has 0 aliphatic rings. The van der Waals surface area contributed by atoms with Gasteiger partial charge in [0.1, 0.15) is 6.54 Å². The van der Waals surface area contributed by atoms with Crippen LogP contribution in [0.3, 0.4) is 0 Å². The van der Waals surface area contributed by atoms with E-state index in [2.05, 4.69) is 27.1 Å². The van der Waals surface area contributed by atoms with Crippen LogP contribution in [0.5, 0.6) is 0 Å². The molecule has 0 radical (unpaired) electrons. The summed E-state index contributed by atoms with van der Waals surface area (Å²) in [5.41, 5.74) is 0. The fraction of sp³-hybridized carbons (Fsp3) is 0.812. The zero-order chi connectivity index (χ0) is 15.4. The van der Waals surface area contributed by atoms with Crippen molar-refractivity contribution in [2.45, 2.75) is 39.0 Å². The Labute approximate surface area is 124 Å². The number of allylic oxidation sites excluding steroid dienone is 1. The van der Waals surface area contributed by atoms with Gasteiger partial charge < -0.3 is 14.5 Å². The van der Waals surface area contributed by atoms with E-state index < -0.39 is 0 Å². The summed E-state index contributed by atoms with van der Waals surface area (Å²) in [6.45, 7) is 4.70. The summed E-state index contributed by atoms with van der Waals surface area (Å²) in [4.78, 5) is 13.7. The van der Waals surface area contributed by atoms with Crippen molar-refractivity contribution in [1.82, 2.24) is 4.90 Å². The minimum Gasteiger partial charge on any atom is -0.391 e. The van der Waals surface area contributed by atoms with Crippen molar-refractivity contribution < 1.29 is 14.4 Å². The van der Waals surface area contributed by atoms with Crippen molar-refractivity contribution >= 4 is 5.91 Å². The SMILES string of the molecule is CCCCC/C=C/CC(=O)N(C)CC[N+](C)(C)CCO. The zero-order valence-corrected chi connectivity index (χ0v) is 13.8. The second-order valence-electron chi connectivity index (χ2n) is 6.09. The standard InChI is InChI=1S/C16H33N2O2/c1-5-6-7-8-9-10-11-16(20)17(2)12-13-18(3,4)14-15-19/h9-10,19H,5-8,11-15H2,1-4H3/q+1/b10-9+. The molecule has 0 rings (SSSR count). The topological polar surface area (TPSA) is 40.5 Å². The van der Waals surface area contributed by atoms with E-state index in [0.717, 1.165) is 30.5 Å². The van der Waals surface area contributed by atoms with Crippen molar-refractivity contribution in [2.24, 2.45) is 0 Å². The number of aliphatic hydroxyl groups excluding tert-OH is 1. The lowest BCUT2D eigenvalue weighted by atomic mass is 10.2. The van der Waals surface area contributed by atoms with Crippen LogP contribution >= 0.6 is 0 Å². The maximum atomic E-state index is 11.9. The van der Waals surface area contributed by atoms with Gasteiger partial charge in [0, 0.05) is 13.5 Å². The van der Waals surface area contributed by atoms with Gasteiger partial charge in [0.25, 0.3) is 0 Å². The quantitative estimate of drug-likeness (QED) is 0.358. The van der Waals surface area contributed by atoms with Gasteiger partial charge in [-0.25, -0.2) is 0 Å². The Bertz CT molecular complexity index is 288. The third-order valence-electron chi connectivity index (χ3n) is 3.61. The first-order valence-corrected chi connectivity index (χ1v) is 7.74. The number of amides is 1. The van der Waals surface area contributed by atoms with E-state index in [4.69, 9.17) is 5.11 Å². The zero-order valence-electron chi connectivity index (χ0n) is 13.8. The number of carbonyl (C=O) groups is 1. The van der Waals surface area contributed by atoms with Crippen LogP contribution in [0.2, 0.25) is 0 Å². The molecule has 0 bridgehead atoms. The lowest BCUT2D eigenvalue weighted by Gasteiger charge is -2.30. The van der Waals surface area contributed by atoms with Crippen LogP contribution in [0.4, 0.5) is 0 Å². The van der Waals surface area contributed by atoms with Crippen LogP contribution in [-0.2, 0) is 4.79 Å². The van der Waals surface area contributed by atoms with E-state index in [9.17, 15) is 4.79 Å². The van der Waals surface area contributed by atoms with Crippen LogP contribution in [0.25, 0.3) is 0 Å². The molecule has 0 fully saturated rings. The van der Waals surface area contributed by atoms with E-state index in [0.29, 0.717) is 6.42 Å². The number of carbonyl (C=O) groups excluding carboxylic acids is 1. The summed E-state index contributed by atoms with van der Waals surface area (Å²) in [6.07, 6.45) is 9.38. The third kappa shape index (κ3) is 9.98. The van der Waals surface area contributed by atoms with Crippen molar-refractivity contribution in [3.63, 3.8) is 0 Å². The number of hydrogen-bond acceptors (Lipinski definition) is 2. The molecule has 0 saturated carbocycles. The highest BCUT2D eigenvalue weighted by Gasteiger charge is 2.16. The van der Waals surface area contributed by atoms with E-state index in [-0.39, 0.29) is 12.5 Å². The predicted molar refractivity (Wildman–Crippen MR) is 84.5 cm³/mol. The van der Waals surface area contributed by atoms with Crippen LogP contribution in [0.15, 0.2) is 12.2 Å². The van der Waals surface area contributed by atoms with Crippen LogP contribution < -0.4 is 0 Å². The molecule has 0 saturated heterocycles. The summed E-state index contributed by atoms with van der Waals surface area (Å²) in [6, 6.07) is 0. The molecular formula is C16H33N2O2+. The molecule has 0 aliphatic heterocycles. The van der Waals surface area contributed by atoms with Crippen molar-refractivity contribution in [2.75, 3.05) is 47.4 Å². The number of aliphatic hydroxyl groups is 1. The summed E-state index contributed by atoms with van der Waals surface area (Å²) >= 11 is 0. The third-order valence-corrected chi connectivity index (χ3v) is 3.61. The molecule has 4 nitrogen and oxygen atoms in total. The summed E-state index contributed by atoms with van der Waals surface area (Å²) in [5, 5.41) is 8.98. The van der Waals surface area contributed by atoms with Crippen LogP contribution in [0, 0.1) is 0 Å². The lowest BCUT2D eigenvalue weighted by Crippen LogP contribution is -2.47. The Morgan fingerprint density at radius 2 is 1.90 bits per heavy atom. The Morgan fingerprint density at radius 1 is 1.20 bits per heavy atom. The summed E-state index contributed by atoms with van der Waals surface area (Å²) in [7, 11) is 6.00. The van der Waals surface area contributed by atoms with Crippen molar-refractivity contribution in [3.8, 4) is 0 Å². The average Bonchev–Trinajstić information content (AvgIpc) is 2.39. The molecule has 0 aromatic carbocycles. The van der Waals surface area contributed by atoms with Crippen LogP contribution in [0.1, 0.15) is 39.0 Å². The molecular weight excluding hydrogens is 252 g/mol. The maximum Gasteiger partial charge on any atom is 0.226 e. The molecule has 0 aromatic rings. The number of unbranched alkanes of at least 4 members (excludes halogenated alkanes) is 3. The molecule has 1 N–H and O–H groups in total. The second-order valence-corrected chi connectivity index (χ2v) is 6.09. The Morgan fingerprint density at radius 3 is 2.50 bits per heavy atom. The molecule has 0 heterocycles. The van der Waals surface area contributed by atoms with E-state index >= 15 is 0 Å². The predicted octanol–water partition coefficient (Wildman–Crippen LogP) is 2.04. The molecule has 118 valence electrons. The highest BCUT2D eigenvalue weighted by Crippen LogP contribution is 2.02. The normalized spacial score (nSPS) is 12.1. The minimum absolute atomic E-state index is 0.167. The highest BCUT2D eigenvalue weighted by atomic mass is 16.3. The van der Waals surface area contributed by atoms with Gasteiger partial charge in [-0.05, 0) is 12.8 Å². The number of quaternary nitrogens is 1. The molecule has 0 aliphatic carbocycles. The molecule has 0 aromatic heterocycles. The van der Waals surface area contributed by atoms with Gasteiger partial charge in [-0.15, -0.1) is 0 Å². The maximum absolute atomic E-state index is 11.9. The smallest absolute Gasteiger partial charge is 0.226 e. The summed E-state index contributed by atoms with van der Waals surface area (Å²) in [5.74, 6) is 0.167. The van der Waals surface area contributed by atoms with Gasteiger partial charge in [0.2, 0.25) is 5.91 Å². The lowest BCUT2D eigenvalue weighted by molar-refractivity contribution is -0.890. The highest BCUT2D eigenvalue weighted by molar-refractivity contribution is 5.77. The van der Waals surface area contributed by atoms with Crippen molar-refractivity contribution in [1.29, 1.82) is 0 Å². The van der Waals surface area contributed by atoms with Gasteiger partial charge in [-0.2, -0.15) is 0 Å². The fourth-order valence-corrected chi connectivity index (χ4v) is 1.90. The molecule has 0 unspecified atom stereocenters. The van der Waals surface area contributed by atoms with Gasteiger partial charge in [0.15, 0.2) is 0 Å². The molecule has 1 amide bonds. The summed E-state index contributed by atoms with van der Waals surface area (Å²) < 4.78 is 0.737.